The number of aromatic nitrogens is 1. The van der Waals surface area contributed by atoms with E-state index in [1.165, 1.54) is 25.1 Å². The van der Waals surface area contributed by atoms with Gasteiger partial charge in [0.05, 0.1) is 5.69 Å². The summed E-state index contributed by atoms with van der Waals surface area (Å²) in [6.45, 7) is 6.61. The van der Waals surface area contributed by atoms with Crippen molar-refractivity contribution in [3.05, 3.63) is 30.1 Å². The van der Waals surface area contributed by atoms with Gasteiger partial charge >= 0.3 is 0 Å². The third kappa shape index (κ3) is 3.03. The van der Waals surface area contributed by atoms with E-state index in [9.17, 15) is 0 Å². The molecule has 1 unspecified atom stereocenters. The van der Waals surface area contributed by atoms with E-state index in [1.807, 2.05) is 12.3 Å². The van der Waals surface area contributed by atoms with Crippen molar-refractivity contribution in [2.75, 3.05) is 19.6 Å². The first-order valence-electron chi connectivity index (χ1n) is 6.25. The van der Waals surface area contributed by atoms with Crippen molar-refractivity contribution >= 4 is 0 Å². The van der Waals surface area contributed by atoms with Gasteiger partial charge in [0.2, 0.25) is 0 Å². The Balaban J connectivity index is 1.94. The van der Waals surface area contributed by atoms with Gasteiger partial charge in [-0.05, 0) is 38.1 Å². The lowest BCUT2D eigenvalue weighted by Gasteiger charge is -2.33. The fourth-order valence-corrected chi connectivity index (χ4v) is 2.34. The summed E-state index contributed by atoms with van der Waals surface area (Å²) in [7, 11) is 0. The van der Waals surface area contributed by atoms with Gasteiger partial charge in [0.15, 0.2) is 0 Å². The van der Waals surface area contributed by atoms with E-state index in [-0.39, 0.29) is 0 Å². The molecule has 1 N–H and O–H groups in total. The van der Waals surface area contributed by atoms with Gasteiger partial charge in [-0.25, -0.2) is 0 Å². The average molecular weight is 219 g/mol. The minimum absolute atomic E-state index is 0.681. The third-order valence-electron chi connectivity index (χ3n) is 3.28. The molecule has 2 rings (SSSR count). The molecule has 3 nitrogen and oxygen atoms in total. The largest absolute Gasteiger partial charge is 0.315 e. The second-order valence-electron chi connectivity index (χ2n) is 4.38. The minimum atomic E-state index is 0.681. The van der Waals surface area contributed by atoms with Crippen LogP contribution in [-0.4, -0.2) is 35.6 Å². The first kappa shape index (κ1) is 11.6. The summed E-state index contributed by atoms with van der Waals surface area (Å²) in [5.41, 5.74) is 1.18. The van der Waals surface area contributed by atoms with Gasteiger partial charge in [-0.3, -0.25) is 9.88 Å². The zero-order valence-corrected chi connectivity index (χ0v) is 10.0. The zero-order valence-electron chi connectivity index (χ0n) is 10.0. The fourth-order valence-electron chi connectivity index (χ4n) is 2.34. The molecule has 1 aromatic heterocycles. The summed E-state index contributed by atoms with van der Waals surface area (Å²) < 4.78 is 0. The second-order valence-corrected chi connectivity index (χ2v) is 4.38. The number of rotatable bonds is 4. The van der Waals surface area contributed by atoms with Gasteiger partial charge in [-0.15, -0.1) is 0 Å². The Bertz CT molecular complexity index is 293. The summed E-state index contributed by atoms with van der Waals surface area (Å²) in [6.07, 6.45) is 4.49. The van der Waals surface area contributed by atoms with Crippen LogP contribution in [0.4, 0.5) is 0 Å². The van der Waals surface area contributed by atoms with Crippen LogP contribution in [-0.2, 0) is 6.54 Å². The van der Waals surface area contributed by atoms with Gasteiger partial charge in [0.1, 0.15) is 0 Å². The van der Waals surface area contributed by atoms with Crippen LogP contribution in [0.1, 0.15) is 25.5 Å². The molecule has 1 atom stereocenters. The van der Waals surface area contributed by atoms with Crippen LogP contribution in [0.5, 0.6) is 0 Å². The smallest absolute Gasteiger partial charge is 0.0544 e. The van der Waals surface area contributed by atoms with Crippen LogP contribution in [0, 0.1) is 0 Å². The van der Waals surface area contributed by atoms with Crippen LogP contribution in [0.25, 0.3) is 0 Å². The molecule has 3 heteroatoms. The molecule has 0 radical (unpaired) electrons. The van der Waals surface area contributed by atoms with Gasteiger partial charge in [-0.2, -0.15) is 0 Å². The van der Waals surface area contributed by atoms with E-state index in [0.29, 0.717) is 6.04 Å². The molecule has 0 amide bonds. The Labute approximate surface area is 97.9 Å². The molecule has 88 valence electrons. The fraction of sp³-hybridized carbons (Fsp3) is 0.615. The number of piperidine rings is 1. The first-order chi connectivity index (χ1) is 7.90. The van der Waals surface area contributed by atoms with Crippen LogP contribution >= 0.6 is 0 Å². The maximum absolute atomic E-state index is 4.40. The quantitative estimate of drug-likeness (QED) is 0.834. The highest BCUT2D eigenvalue weighted by Crippen LogP contribution is 2.12. The molecule has 1 aromatic rings. The Morgan fingerprint density at radius 1 is 1.50 bits per heavy atom. The molecular weight excluding hydrogens is 198 g/mol. The standard InChI is InChI=1S/C13H21N3/c1-2-16(13-7-5-8-14-10-13)11-12-6-3-4-9-15-12/h3-4,6,9,13-14H,2,5,7-8,10-11H2,1H3. The predicted molar refractivity (Wildman–Crippen MR) is 66.2 cm³/mol. The zero-order chi connectivity index (χ0) is 11.2. The van der Waals surface area contributed by atoms with Crippen molar-refractivity contribution in [3.63, 3.8) is 0 Å². The monoisotopic (exact) mass is 219 g/mol. The molecular formula is C13H21N3. The maximum Gasteiger partial charge on any atom is 0.0544 e. The molecule has 1 aliphatic heterocycles. The molecule has 0 bridgehead atoms. The van der Waals surface area contributed by atoms with Crippen LogP contribution in [0.3, 0.4) is 0 Å². The van der Waals surface area contributed by atoms with E-state index in [4.69, 9.17) is 0 Å². The van der Waals surface area contributed by atoms with Crippen molar-refractivity contribution in [1.29, 1.82) is 0 Å². The second kappa shape index (κ2) is 5.97. The lowest BCUT2D eigenvalue weighted by atomic mass is 10.1. The molecule has 0 aromatic carbocycles. The highest BCUT2D eigenvalue weighted by molar-refractivity contribution is 5.03. The molecule has 1 fully saturated rings. The van der Waals surface area contributed by atoms with Gasteiger partial charge in [0, 0.05) is 25.3 Å². The number of nitrogens with one attached hydrogen (secondary N) is 1. The Morgan fingerprint density at radius 3 is 3.06 bits per heavy atom. The van der Waals surface area contributed by atoms with E-state index >= 15 is 0 Å². The molecule has 2 heterocycles. The van der Waals surface area contributed by atoms with Crippen molar-refractivity contribution in [3.8, 4) is 0 Å². The van der Waals surface area contributed by atoms with Crippen molar-refractivity contribution in [1.82, 2.24) is 15.2 Å². The van der Waals surface area contributed by atoms with Gasteiger partial charge < -0.3 is 5.32 Å². The first-order valence-corrected chi connectivity index (χ1v) is 6.25. The van der Waals surface area contributed by atoms with Crippen molar-refractivity contribution in [2.45, 2.75) is 32.4 Å². The third-order valence-corrected chi connectivity index (χ3v) is 3.28. The number of pyridine rings is 1. The minimum Gasteiger partial charge on any atom is -0.315 e. The summed E-state index contributed by atoms with van der Waals surface area (Å²) in [6, 6.07) is 6.83. The number of hydrogen-bond acceptors (Lipinski definition) is 3. The van der Waals surface area contributed by atoms with Crippen LogP contribution in [0.2, 0.25) is 0 Å². The SMILES string of the molecule is CCN(Cc1ccccn1)C1CCCNC1. The van der Waals surface area contributed by atoms with Crippen LogP contribution in [0.15, 0.2) is 24.4 Å². The van der Waals surface area contributed by atoms with Gasteiger partial charge in [0.25, 0.3) is 0 Å². The van der Waals surface area contributed by atoms with Crippen LogP contribution < -0.4 is 5.32 Å². The molecule has 0 spiro atoms. The summed E-state index contributed by atoms with van der Waals surface area (Å²) >= 11 is 0. The lowest BCUT2D eigenvalue weighted by Crippen LogP contribution is -2.45. The predicted octanol–water partition coefficient (Wildman–Crippen LogP) is 1.66. The average Bonchev–Trinajstić information content (AvgIpc) is 2.38. The molecule has 1 aliphatic rings. The van der Waals surface area contributed by atoms with E-state index in [0.717, 1.165) is 19.6 Å². The summed E-state index contributed by atoms with van der Waals surface area (Å²) in [4.78, 5) is 6.92. The molecule has 1 saturated heterocycles. The molecule has 16 heavy (non-hydrogen) atoms. The Hall–Kier alpha value is -0.930. The number of nitrogens with zero attached hydrogens (tertiary/aromatic N) is 2. The Kier molecular flexibility index (Phi) is 4.31. The van der Waals surface area contributed by atoms with E-state index < -0.39 is 0 Å². The topological polar surface area (TPSA) is 28.2 Å². The summed E-state index contributed by atoms with van der Waals surface area (Å²) in [5.74, 6) is 0. The summed E-state index contributed by atoms with van der Waals surface area (Å²) in [5, 5.41) is 3.47. The number of hydrogen-bond donors (Lipinski definition) is 1. The highest BCUT2D eigenvalue weighted by atomic mass is 15.2. The Morgan fingerprint density at radius 2 is 2.44 bits per heavy atom. The van der Waals surface area contributed by atoms with E-state index in [2.05, 4.69) is 34.3 Å². The lowest BCUT2D eigenvalue weighted by molar-refractivity contribution is 0.164. The normalized spacial score (nSPS) is 21.2. The number of likely N-dealkylation sites (N-methyl/N-ethyl adjacent to an activating group) is 1. The highest BCUT2D eigenvalue weighted by Gasteiger charge is 2.19. The van der Waals surface area contributed by atoms with E-state index in [1.54, 1.807) is 0 Å². The van der Waals surface area contributed by atoms with Gasteiger partial charge in [-0.1, -0.05) is 13.0 Å². The van der Waals surface area contributed by atoms with Crippen molar-refractivity contribution < 1.29 is 0 Å². The molecule has 0 saturated carbocycles. The maximum atomic E-state index is 4.40. The molecule has 0 aliphatic carbocycles. The van der Waals surface area contributed by atoms with Crippen molar-refractivity contribution in [2.24, 2.45) is 0 Å².